The number of carbonyl (C=O) groups excluding carboxylic acids is 1. The topological polar surface area (TPSA) is 101 Å². The number of anilines is 1. The Hall–Kier alpha value is -2.15. The Morgan fingerprint density at radius 1 is 1.40 bits per heavy atom. The first kappa shape index (κ1) is 14.3. The van der Waals surface area contributed by atoms with Gasteiger partial charge in [0.25, 0.3) is 0 Å². The van der Waals surface area contributed by atoms with E-state index in [1.165, 1.54) is 0 Å². The van der Waals surface area contributed by atoms with Crippen LogP contribution in [0.15, 0.2) is 18.3 Å². The largest absolute Gasteiger partial charge is 0.480 e. The molecule has 3 N–H and O–H groups in total. The average molecular weight is 279 g/mol. The van der Waals surface area contributed by atoms with Gasteiger partial charge in [-0.15, -0.1) is 0 Å². The van der Waals surface area contributed by atoms with Gasteiger partial charge in [0, 0.05) is 32.3 Å². The molecule has 1 aromatic heterocycles. The molecule has 1 aliphatic heterocycles. The molecule has 0 radical (unpaired) electrons. The van der Waals surface area contributed by atoms with E-state index in [4.69, 9.17) is 4.74 Å². The second-order valence-corrected chi connectivity index (χ2v) is 4.72. The van der Waals surface area contributed by atoms with Crippen molar-refractivity contribution < 1.29 is 19.4 Å². The molecule has 1 saturated heterocycles. The fraction of sp³-hybridized carbons (Fsp3) is 0.462. The monoisotopic (exact) mass is 279 g/mol. The van der Waals surface area contributed by atoms with Crippen LogP contribution in [-0.2, 0) is 9.53 Å². The van der Waals surface area contributed by atoms with Crippen LogP contribution in [0.25, 0.3) is 0 Å². The molecule has 2 amide bonds. The van der Waals surface area contributed by atoms with E-state index in [0.717, 1.165) is 0 Å². The maximum absolute atomic E-state index is 12.0. The van der Waals surface area contributed by atoms with Crippen LogP contribution in [0.5, 0.6) is 0 Å². The lowest BCUT2D eigenvalue weighted by Crippen LogP contribution is -2.58. The van der Waals surface area contributed by atoms with Crippen molar-refractivity contribution in [3.63, 3.8) is 0 Å². The first-order valence-corrected chi connectivity index (χ1v) is 6.35. The summed E-state index contributed by atoms with van der Waals surface area (Å²) in [4.78, 5) is 27.5. The summed E-state index contributed by atoms with van der Waals surface area (Å²) in [7, 11) is 0. The summed E-state index contributed by atoms with van der Waals surface area (Å²) in [6, 6.07) is 2.86. The van der Waals surface area contributed by atoms with Gasteiger partial charge in [0.1, 0.15) is 5.54 Å². The van der Waals surface area contributed by atoms with Gasteiger partial charge in [-0.25, -0.2) is 9.59 Å². The molecule has 108 valence electrons. The second-order valence-electron chi connectivity index (χ2n) is 4.72. The molecule has 0 unspecified atom stereocenters. The number of nitrogens with zero attached hydrogens (tertiary/aromatic N) is 1. The smallest absolute Gasteiger partial charge is 0.329 e. The Balaban J connectivity index is 2.06. The van der Waals surface area contributed by atoms with Crippen molar-refractivity contribution in [2.24, 2.45) is 0 Å². The molecular weight excluding hydrogens is 262 g/mol. The molecule has 2 heterocycles. The Morgan fingerprint density at radius 2 is 2.10 bits per heavy atom. The molecule has 0 bridgehead atoms. The minimum atomic E-state index is -1.27. The normalized spacial score (nSPS) is 17.2. The van der Waals surface area contributed by atoms with Crippen LogP contribution in [0.3, 0.4) is 0 Å². The Kier molecular flexibility index (Phi) is 4.19. The quantitative estimate of drug-likeness (QED) is 0.770. The molecule has 7 nitrogen and oxygen atoms in total. The second kappa shape index (κ2) is 5.87. The van der Waals surface area contributed by atoms with Crippen LogP contribution in [-0.4, -0.2) is 40.8 Å². The molecule has 7 heteroatoms. The number of carbonyl (C=O) groups is 2. The van der Waals surface area contributed by atoms with Crippen molar-refractivity contribution in [3.05, 3.63) is 24.0 Å². The molecule has 1 aromatic rings. The number of carboxylic acids is 1. The van der Waals surface area contributed by atoms with Crippen LogP contribution in [0.1, 0.15) is 18.5 Å². The zero-order chi connectivity index (χ0) is 14.6. The SMILES string of the molecule is Cc1ncccc1NC(=O)NC1(C(=O)O)CCOCC1. The van der Waals surface area contributed by atoms with Gasteiger partial charge in [0.15, 0.2) is 0 Å². The highest BCUT2D eigenvalue weighted by molar-refractivity contribution is 5.94. The summed E-state index contributed by atoms with van der Waals surface area (Å²) >= 11 is 0. The third-order valence-corrected chi connectivity index (χ3v) is 3.36. The zero-order valence-electron chi connectivity index (χ0n) is 11.2. The van der Waals surface area contributed by atoms with E-state index in [9.17, 15) is 14.7 Å². The third kappa shape index (κ3) is 3.05. The molecular formula is C13H17N3O4. The summed E-state index contributed by atoms with van der Waals surface area (Å²) in [6.45, 7) is 2.40. The van der Waals surface area contributed by atoms with Gasteiger partial charge in [-0.2, -0.15) is 0 Å². The molecule has 0 saturated carbocycles. The van der Waals surface area contributed by atoms with E-state index >= 15 is 0 Å². The van der Waals surface area contributed by atoms with Crippen LogP contribution >= 0.6 is 0 Å². The lowest BCUT2D eigenvalue weighted by Gasteiger charge is -2.33. The molecule has 20 heavy (non-hydrogen) atoms. The van der Waals surface area contributed by atoms with Crippen molar-refractivity contribution in [1.29, 1.82) is 0 Å². The molecule has 0 aromatic carbocycles. The average Bonchev–Trinajstić information content (AvgIpc) is 2.42. The van der Waals surface area contributed by atoms with Crippen molar-refractivity contribution in [1.82, 2.24) is 10.3 Å². The number of rotatable bonds is 3. The van der Waals surface area contributed by atoms with Gasteiger partial charge in [0.2, 0.25) is 0 Å². The standard InChI is InChI=1S/C13H17N3O4/c1-9-10(3-2-6-14-9)15-12(19)16-13(11(17)18)4-7-20-8-5-13/h2-3,6H,4-5,7-8H2,1H3,(H,17,18)(H2,15,16,19). The lowest BCUT2D eigenvalue weighted by atomic mass is 9.90. The van der Waals surface area contributed by atoms with Gasteiger partial charge >= 0.3 is 12.0 Å². The third-order valence-electron chi connectivity index (χ3n) is 3.36. The van der Waals surface area contributed by atoms with E-state index in [-0.39, 0.29) is 12.8 Å². The predicted octanol–water partition coefficient (Wildman–Crippen LogP) is 1.15. The summed E-state index contributed by atoms with van der Waals surface area (Å²) in [5, 5.41) is 14.5. The number of amides is 2. The van der Waals surface area contributed by atoms with Gasteiger partial charge in [-0.05, 0) is 19.1 Å². The Labute approximate surface area is 116 Å². The number of nitrogens with one attached hydrogen (secondary N) is 2. The predicted molar refractivity (Wildman–Crippen MR) is 71.5 cm³/mol. The van der Waals surface area contributed by atoms with E-state index in [1.54, 1.807) is 25.3 Å². The van der Waals surface area contributed by atoms with E-state index in [1.807, 2.05) is 0 Å². The highest BCUT2D eigenvalue weighted by atomic mass is 16.5. The summed E-state index contributed by atoms with van der Waals surface area (Å²) in [5.41, 5.74) is -0.0464. The number of urea groups is 1. The number of pyridine rings is 1. The summed E-state index contributed by atoms with van der Waals surface area (Å²) in [6.07, 6.45) is 2.12. The number of aliphatic carboxylic acids is 1. The van der Waals surface area contributed by atoms with Crippen molar-refractivity contribution in [2.45, 2.75) is 25.3 Å². The van der Waals surface area contributed by atoms with Crippen LogP contribution < -0.4 is 10.6 Å². The number of aryl methyl sites for hydroxylation is 1. The number of hydrogen-bond donors (Lipinski definition) is 3. The molecule has 0 atom stereocenters. The summed E-state index contributed by atoms with van der Waals surface area (Å²) in [5.74, 6) is -1.04. The maximum Gasteiger partial charge on any atom is 0.329 e. The van der Waals surface area contributed by atoms with Crippen LogP contribution in [0.2, 0.25) is 0 Å². The molecule has 0 spiro atoms. The minimum Gasteiger partial charge on any atom is -0.480 e. The highest BCUT2D eigenvalue weighted by Gasteiger charge is 2.41. The Bertz CT molecular complexity index is 512. The first-order valence-electron chi connectivity index (χ1n) is 6.35. The fourth-order valence-corrected chi connectivity index (χ4v) is 2.10. The summed E-state index contributed by atoms with van der Waals surface area (Å²) < 4.78 is 5.15. The lowest BCUT2D eigenvalue weighted by molar-refractivity contribution is -0.148. The fourth-order valence-electron chi connectivity index (χ4n) is 2.10. The van der Waals surface area contributed by atoms with Crippen LogP contribution in [0, 0.1) is 6.92 Å². The zero-order valence-corrected chi connectivity index (χ0v) is 11.2. The number of hydrogen-bond acceptors (Lipinski definition) is 4. The molecule has 2 rings (SSSR count). The maximum atomic E-state index is 12.0. The van der Waals surface area contributed by atoms with Gasteiger partial charge < -0.3 is 20.5 Å². The Morgan fingerprint density at radius 3 is 2.70 bits per heavy atom. The van der Waals surface area contributed by atoms with Gasteiger partial charge in [-0.3, -0.25) is 4.98 Å². The van der Waals surface area contributed by atoms with E-state index in [2.05, 4.69) is 15.6 Å². The number of ether oxygens (including phenoxy) is 1. The van der Waals surface area contributed by atoms with Crippen molar-refractivity contribution in [3.8, 4) is 0 Å². The van der Waals surface area contributed by atoms with Crippen molar-refractivity contribution in [2.75, 3.05) is 18.5 Å². The highest BCUT2D eigenvalue weighted by Crippen LogP contribution is 2.21. The van der Waals surface area contributed by atoms with Crippen molar-refractivity contribution >= 4 is 17.7 Å². The number of aromatic nitrogens is 1. The van der Waals surface area contributed by atoms with E-state index < -0.39 is 17.5 Å². The van der Waals surface area contributed by atoms with E-state index in [0.29, 0.717) is 24.6 Å². The number of carboxylic acid groups (broad SMARTS) is 1. The van der Waals surface area contributed by atoms with Gasteiger partial charge in [-0.1, -0.05) is 0 Å². The minimum absolute atomic E-state index is 0.252. The molecule has 1 fully saturated rings. The molecule has 1 aliphatic rings. The van der Waals surface area contributed by atoms with Gasteiger partial charge in [0.05, 0.1) is 11.4 Å². The van der Waals surface area contributed by atoms with Crippen LogP contribution in [0.4, 0.5) is 10.5 Å². The molecule has 0 aliphatic carbocycles. The first-order chi connectivity index (χ1) is 9.53.